The molecular formula is C27H30N2O2. The van der Waals surface area contributed by atoms with Crippen LogP contribution in [0.15, 0.2) is 66.9 Å². The van der Waals surface area contributed by atoms with Crippen molar-refractivity contribution in [2.24, 2.45) is 0 Å². The number of pyridine rings is 1. The number of nitrogens with zero attached hydrogens (tertiary/aromatic N) is 1. The van der Waals surface area contributed by atoms with Crippen molar-refractivity contribution in [1.29, 1.82) is 0 Å². The van der Waals surface area contributed by atoms with Gasteiger partial charge < -0.3 is 10.1 Å². The van der Waals surface area contributed by atoms with Gasteiger partial charge in [-0.25, -0.2) is 4.98 Å². The van der Waals surface area contributed by atoms with E-state index in [1.54, 1.807) is 25.4 Å². The molecule has 31 heavy (non-hydrogen) atoms. The molecule has 1 saturated heterocycles. The number of Topliss-reactive ketones (excluding diaryl/α,β-unsaturated/α-hetero) is 1. The quantitative estimate of drug-likeness (QED) is 0.535. The van der Waals surface area contributed by atoms with Gasteiger partial charge in [0.2, 0.25) is 5.88 Å². The lowest BCUT2D eigenvalue weighted by Crippen LogP contribution is -2.26. The topological polar surface area (TPSA) is 51.2 Å². The number of aromatic nitrogens is 1. The van der Waals surface area contributed by atoms with E-state index >= 15 is 0 Å². The zero-order valence-corrected chi connectivity index (χ0v) is 18.3. The van der Waals surface area contributed by atoms with Gasteiger partial charge in [-0.15, -0.1) is 0 Å². The van der Waals surface area contributed by atoms with Gasteiger partial charge in [-0.3, -0.25) is 4.79 Å². The molecule has 4 rings (SSSR count). The number of hydrogen-bond acceptors (Lipinski definition) is 4. The molecule has 4 nitrogen and oxygen atoms in total. The minimum atomic E-state index is 0.0119. The van der Waals surface area contributed by atoms with Crippen LogP contribution in [0.1, 0.15) is 63.7 Å². The first-order chi connectivity index (χ1) is 15.2. The predicted octanol–water partition coefficient (Wildman–Crippen LogP) is 5.27. The molecule has 1 aliphatic rings. The molecule has 1 aromatic heterocycles. The molecule has 1 fully saturated rings. The van der Waals surface area contributed by atoms with Crippen LogP contribution in [0.25, 0.3) is 0 Å². The van der Waals surface area contributed by atoms with Crippen LogP contribution < -0.4 is 10.1 Å². The van der Waals surface area contributed by atoms with Gasteiger partial charge in [0.05, 0.1) is 7.11 Å². The smallest absolute Gasteiger partial charge is 0.212 e. The molecular weight excluding hydrogens is 384 g/mol. The van der Waals surface area contributed by atoms with Gasteiger partial charge in [-0.1, -0.05) is 48.5 Å². The molecule has 0 unspecified atom stereocenters. The zero-order valence-electron chi connectivity index (χ0n) is 18.3. The van der Waals surface area contributed by atoms with E-state index in [0.29, 0.717) is 23.8 Å². The van der Waals surface area contributed by atoms with Gasteiger partial charge in [0.1, 0.15) is 0 Å². The molecule has 1 atom stereocenters. The molecule has 1 N–H and O–H groups in total. The van der Waals surface area contributed by atoms with Crippen LogP contribution >= 0.6 is 0 Å². The Balaban J connectivity index is 1.61. The Morgan fingerprint density at radius 1 is 1.06 bits per heavy atom. The molecule has 2 aromatic carbocycles. The SMILES string of the molecule is COc1ccc(C(=O)C[C@H](c2ccc(C3CCNCC3)cc2)c2ccccc2C)cn1. The molecule has 1 aliphatic heterocycles. The number of nitrogens with one attached hydrogen (secondary N) is 1. The Hall–Kier alpha value is -2.98. The maximum atomic E-state index is 13.1. The van der Waals surface area contributed by atoms with Crippen molar-refractivity contribution >= 4 is 5.78 Å². The average Bonchev–Trinajstić information content (AvgIpc) is 2.84. The van der Waals surface area contributed by atoms with Crippen molar-refractivity contribution in [1.82, 2.24) is 10.3 Å². The number of methoxy groups -OCH3 is 1. The van der Waals surface area contributed by atoms with Crippen molar-refractivity contribution in [2.75, 3.05) is 20.2 Å². The fraction of sp³-hybridized carbons (Fsp3) is 0.333. The summed E-state index contributed by atoms with van der Waals surface area (Å²) in [7, 11) is 1.57. The predicted molar refractivity (Wildman–Crippen MR) is 124 cm³/mol. The number of piperidine rings is 1. The molecule has 2 heterocycles. The van der Waals surface area contributed by atoms with Crippen LogP contribution in [0.4, 0.5) is 0 Å². The summed E-state index contributed by atoms with van der Waals surface area (Å²) in [5, 5.41) is 3.44. The number of ether oxygens (including phenoxy) is 1. The minimum Gasteiger partial charge on any atom is -0.481 e. The fourth-order valence-corrected chi connectivity index (χ4v) is 4.51. The van der Waals surface area contributed by atoms with E-state index in [4.69, 9.17) is 4.74 Å². The van der Waals surface area contributed by atoms with Crippen LogP contribution in [0.5, 0.6) is 5.88 Å². The highest BCUT2D eigenvalue weighted by atomic mass is 16.5. The first kappa shape index (κ1) is 21.3. The molecule has 0 radical (unpaired) electrons. The second-order valence-electron chi connectivity index (χ2n) is 8.32. The Morgan fingerprint density at radius 3 is 2.45 bits per heavy atom. The molecule has 3 aromatic rings. The lowest BCUT2D eigenvalue weighted by molar-refractivity contribution is 0.0977. The number of benzene rings is 2. The zero-order chi connectivity index (χ0) is 21.6. The third-order valence-corrected chi connectivity index (χ3v) is 6.37. The molecule has 0 amide bonds. The lowest BCUT2D eigenvalue weighted by Gasteiger charge is -2.24. The third kappa shape index (κ3) is 5.02. The average molecular weight is 415 g/mol. The van der Waals surface area contributed by atoms with Crippen molar-refractivity contribution in [2.45, 2.75) is 38.0 Å². The normalized spacial score (nSPS) is 15.4. The van der Waals surface area contributed by atoms with E-state index in [1.165, 1.54) is 35.1 Å². The number of hydrogen-bond donors (Lipinski definition) is 1. The maximum absolute atomic E-state index is 13.1. The first-order valence-electron chi connectivity index (χ1n) is 11.0. The van der Waals surface area contributed by atoms with Crippen LogP contribution in [0.3, 0.4) is 0 Å². The Bertz CT molecular complexity index is 1010. The number of rotatable bonds is 7. The summed E-state index contributed by atoms with van der Waals surface area (Å²) in [5.41, 5.74) is 5.61. The summed E-state index contributed by atoms with van der Waals surface area (Å²) in [4.78, 5) is 17.3. The minimum absolute atomic E-state index is 0.0119. The van der Waals surface area contributed by atoms with Crippen molar-refractivity contribution < 1.29 is 9.53 Å². The summed E-state index contributed by atoms with van der Waals surface area (Å²) >= 11 is 0. The summed E-state index contributed by atoms with van der Waals surface area (Å²) < 4.78 is 5.12. The van der Waals surface area contributed by atoms with Gasteiger partial charge in [0.25, 0.3) is 0 Å². The van der Waals surface area contributed by atoms with E-state index < -0.39 is 0 Å². The Labute approximate surface area is 184 Å². The highest BCUT2D eigenvalue weighted by Gasteiger charge is 2.22. The molecule has 0 saturated carbocycles. The summed E-state index contributed by atoms with van der Waals surface area (Å²) in [5.74, 6) is 1.24. The Kier molecular flexibility index (Phi) is 6.78. The highest BCUT2D eigenvalue weighted by Crippen LogP contribution is 2.33. The van der Waals surface area contributed by atoms with E-state index in [0.717, 1.165) is 13.1 Å². The van der Waals surface area contributed by atoms with Crippen molar-refractivity contribution in [3.05, 3.63) is 94.7 Å². The third-order valence-electron chi connectivity index (χ3n) is 6.37. The van der Waals surface area contributed by atoms with Gasteiger partial charge in [0.15, 0.2) is 5.78 Å². The summed E-state index contributed by atoms with van der Waals surface area (Å²) in [6.07, 6.45) is 4.38. The summed E-state index contributed by atoms with van der Waals surface area (Å²) in [6, 6.07) is 20.8. The van der Waals surface area contributed by atoms with E-state index in [1.807, 2.05) is 6.07 Å². The van der Waals surface area contributed by atoms with Crippen LogP contribution in [0, 0.1) is 6.92 Å². The van der Waals surface area contributed by atoms with Gasteiger partial charge >= 0.3 is 0 Å². The number of aryl methyl sites for hydroxylation is 1. The molecule has 0 bridgehead atoms. The standard InChI is InChI=1S/C27H30N2O2/c1-19-5-3-4-6-24(19)25(17-26(30)23-11-12-27(31-2)29-18-23)22-9-7-20(8-10-22)21-13-15-28-16-14-21/h3-12,18,21,25,28H,13-17H2,1-2H3/t25-/m1/s1. The second kappa shape index (κ2) is 9.88. The Morgan fingerprint density at radius 2 is 1.81 bits per heavy atom. The fourth-order valence-electron chi connectivity index (χ4n) is 4.51. The van der Waals surface area contributed by atoms with E-state index in [-0.39, 0.29) is 11.7 Å². The number of carbonyl (C=O) groups is 1. The second-order valence-corrected chi connectivity index (χ2v) is 8.32. The van der Waals surface area contributed by atoms with Crippen LogP contribution in [-0.4, -0.2) is 31.0 Å². The molecule has 160 valence electrons. The largest absolute Gasteiger partial charge is 0.481 e. The van der Waals surface area contributed by atoms with Gasteiger partial charge in [0, 0.05) is 30.2 Å². The molecule has 4 heteroatoms. The van der Waals surface area contributed by atoms with Gasteiger partial charge in [-0.2, -0.15) is 0 Å². The van der Waals surface area contributed by atoms with Crippen molar-refractivity contribution in [3.8, 4) is 5.88 Å². The van der Waals surface area contributed by atoms with Gasteiger partial charge in [-0.05, 0) is 67.1 Å². The van der Waals surface area contributed by atoms with Crippen molar-refractivity contribution in [3.63, 3.8) is 0 Å². The maximum Gasteiger partial charge on any atom is 0.212 e. The highest BCUT2D eigenvalue weighted by molar-refractivity contribution is 5.96. The van der Waals surface area contributed by atoms with E-state index in [2.05, 4.69) is 59.7 Å². The first-order valence-corrected chi connectivity index (χ1v) is 11.0. The molecule has 0 spiro atoms. The monoisotopic (exact) mass is 414 g/mol. The van der Waals surface area contributed by atoms with Crippen LogP contribution in [-0.2, 0) is 0 Å². The summed E-state index contributed by atoms with van der Waals surface area (Å²) in [6.45, 7) is 4.29. The molecule has 0 aliphatic carbocycles. The lowest BCUT2D eigenvalue weighted by atomic mass is 9.82. The van der Waals surface area contributed by atoms with E-state index in [9.17, 15) is 4.79 Å². The van der Waals surface area contributed by atoms with Crippen LogP contribution in [0.2, 0.25) is 0 Å². The number of carbonyl (C=O) groups excluding carboxylic acids is 1. The number of ketones is 1.